The van der Waals surface area contributed by atoms with Crippen molar-refractivity contribution in [2.45, 2.75) is 25.3 Å². The zero-order chi connectivity index (χ0) is 22.9. The molecule has 1 heterocycles. The molecule has 0 bridgehead atoms. The molecule has 3 aromatic rings. The molecule has 1 fully saturated rings. The molecule has 166 valence electrons. The van der Waals surface area contributed by atoms with Crippen molar-refractivity contribution in [2.24, 2.45) is 11.0 Å². The summed E-state index contributed by atoms with van der Waals surface area (Å²) in [6.07, 6.45) is 5.21. The van der Waals surface area contributed by atoms with Gasteiger partial charge in [-0.2, -0.15) is 5.10 Å². The highest BCUT2D eigenvalue weighted by Crippen LogP contribution is 2.45. The smallest absolute Gasteiger partial charge is 0.267 e. The first-order chi connectivity index (χ1) is 16.0. The normalized spacial score (nSPS) is 21.1. The van der Waals surface area contributed by atoms with Crippen molar-refractivity contribution >= 4 is 61.2 Å². The number of carbonyl (C=O) groups excluding carboxylic acids is 1. The third kappa shape index (κ3) is 4.59. The van der Waals surface area contributed by atoms with Crippen LogP contribution in [-0.4, -0.2) is 16.6 Å². The van der Waals surface area contributed by atoms with Gasteiger partial charge in [0.25, 0.3) is 5.91 Å². The van der Waals surface area contributed by atoms with E-state index in [4.69, 9.17) is 16.7 Å². The molecule has 2 unspecified atom stereocenters. The summed E-state index contributed by atoms with van der Waals surface area (Å²) in [6.45, 7) is 0. The van der Waals surface area contributed by atoms with Crippen LogP contribution in [0.3, 0.4) is 0 Å². The number of rotatable bonds is 3. The van der Waals surface area contributed by atoms with Crippen LogP contribution in [0.1, 0.15) is 46.8 Å². The first-order valence-electron chi connectivity index (χ1n) is 10.9. The Bertz CT molecular complexity index is 1250. The van der Waals surface area contributed by atoms with Crippen molar-refractivity contribution in [1.82, 2.24) is 5.01 Å². The van der Waals surface area contributed by atoms with Crippen LogP contribution in [-0.2, 0) is 0 Å². The summed E-state index contributed by atoms with van der Waals surface area (Å²) in [6, 6.07) is 23.5. The van der Waals surface area contributed by atoms with Gasteiger partial charge in [0.05, 0.1) is 22.3 Å². The number of hydrogen-bond donors (Lipinski definition) is 0. The maximum Gasteiger partial charge on any atom is 0.276 e. The summed E-state index contributed by atoms with van der Waals surface area (Å²) in [5, 5.41) is 7.06. The average molecular weight is 585 g/mol. The van der Waals surface area contributed by atoms with Gasteiger partial charge in [-0.05, 0) is 78.4 Å². The molecule has 33 heavy (non-hydrogen) atoms. The molecule has 0 N–H and O–H groups in total. The summed E-state index contributed by atoms with van der Waals surface area (Å²) in [5.41, 5.74) is 4.89. The lowest BCUT2D eigenvalue weighted by Gasteiger charge is -2.30. The molecule has 2 aliphatic rings. The van der Waals surface area contributed by atoms with Gasteiger partial charge in [-0.15, -0.1) is 0 Å². The van der Waals surface area contributed by atoms with E-state index in [0.717, 1.165) is 45.0 Å². The van der Waals surface area contributed by atoms with Crippen molar-refractivity contribution < 1.29 is 4.79 Å². The van der Waals surface area contributed by atoms with Crippen LogP contribution in [0.2, 0.25) is 5.02 Å². The summed E-state index contributed by atoms with van der Waals surface area (Å²) in [7, 11) is 0. The Hall–Kier alpha value is -2.21. The first-order valence-corrected chi connectivity index (χ1v) is 12.9. The molecule has 0 saturated heterocycles. The molecule has 1 saturated carbocycles. The highest BCUT2D eigenvalue weighted by atomic mass is 79.9. The van der Waals surface area contributed by atoms with E-state index >= 15 is 0 Å². The minimum absolute atomic E-state index is 0.146. The number of benzene rings is 3. The molecule has 1 aliphatic heterocycles. The summed E-state index contributed by atoms with van der Waals surface area (Å²) < 4.78 is 2.06. The number of fused-ring (bicyclic) bond motifs is 1. The summed E-state index contributed by atoms with van der Waals surface area (Å²) in [5.74, 6) is -0.0218. The minimum Gasteiger partial charge on any atom is -0.267 e. The maximum atomic E-state index is 13.7. The largest absolute Gasteiger partial charge is 0.276 e. The average Bonchev–Trinajstić information content (AvgIpc) is 3.22. The second-order valence-electron chi connectivity index (χ2n) is 8.33. The van der Waals surface area contributed by atoms with Gasteiger partial charge in [-0.3, -0.25) is 4.79 Å². The second-order valence-corrected chi connectivity index (χ2v) is 10.6. The Kier molecular flexibility index (Phi) is 6.55. The maximum absolute atomic E-state index is 13.7. The van der Waals surface area contributed by atoms with Gasteiger partial charge in [0.15, 0.2) is 0 Å². The van der Waals surface area contributed by atoms with Gasteiger partial charge >= 0.3 is 0 Å². The number of allylic oxidation sites excluding steroid dienone is 1. The Labute approximate surface area is 215 Å². The fraction of sp³-hybridized carbons (Fsp3) is 0.185. The SMILES string of the molecule is O=C(c1ccccc1Cl)N1N=C2/C(=C\c3ccc(Br)cc3)CCCC2C1c1ccc(Br)cc1. The highest BCUT2D eigenvalue weighted by molar-refractivity contribution is 9.10. The van der Waals surface area contributed by atoms with Crippen molar-refractivity contribution in [3.8, 4) is 0 Å². The van der Waals surface area contributed by atoms with E-state index in [-0.39, 0.29) is 17.9 Å². The molecular formula is C27H21Br2ClN2O. The number of halogens is 3. The van der Waals surface area contributed by atoms with Crippen LogP contribution in [0.4, 0.5) is 0 Å². The van der Waals surface area contributed by atoms with Crippen molar-refractivity contribution in [3.05, 3.63) is 109 Å². The second kappa shape index (κ2) is 9.57. The van der Waals surface area contributed by atoms with Crippen LogP contribution in [0.25, 0.3) is 6.08 Å². The van der Waals surface area contributed by atoms with Gasteiger partial charge in [0.2, 0.25) is 0 Å². The molecular weight excluding hydrogens is 564 g/mol. The molecule has 0 aromatic heterocycles. The quantitative estimate of drug-likeness (QED) is 0.305. The third-order valence-electron chi connectivity index (χ3n) is 6.24. The molecule has 1 aliphatic carbocycles. The van der Waals surface area contributed by atoms with Gasteiger partial charge < -0.3 is 0 Å². The monoisotopic (exact) mass is 582 g/mol. The van der Waals surface area contributed by atoms with Crippen molar-refractivity contribution in [1.29, 1.82) is 0 Å². The topological polar surface area (TPSA) is 32.7 Å². The molecule has 2 atom stereocenters. The van der Waals surface area contributed by atoms with E-state index in [1.54, 1.807) is 17.1 Å². The van der Waals surface area contributed by atoms with Crippen LogP contribution in [0.15, 0.2) is 92.4 Å². The van der Waals surface area contributed by atoms with Crippen LogP contribution in [0.5, 0.6) is 0 Å². The molecule has 3 nitrogen and oxygen atoms in total. The van der Waals surface area contributed by atoms with E-state index in [2.05, 4.69) is 62.2 Å². The molecule has 0 radical (unpaired) electrons. The fourth-order valence-electron chi connectivity index (χ4n) is 4.68. The number of hydrazone groups is 1. The minimum atomic E-state index is -0.168. The molecule has 6 heteroatoms. The Balaban J connectivity index is 1.59. The number of amides is 1. The molecule has 0 spiro atoms. The number of carbonyl (C=O) groups is 1. The van der Waals surface area contributed by atoms with Gasteiger partial charge in [-0.1, -0.05) is 79.9 Å². The summed E-state index contributed by atoms with van der Waals surface area (Å²) in [4.78, 5) is 13.7. The molecule has 1 amide bonds. The third-order valence-corrected chi connectivity index (χ3v) is 7.62. The summed E-state index contributed by atoms with van der Waals surface area (Å²) >= 11 is 13.4. The Morgan fingerprint density at radius 2 is 1.64 bits per heavy atom. The van der Waals surface area contributed by atoms with E-state index < -0.39 is 0 Å². The molecule has 3 aromatic carbocycles. The Morgan fingerprint density at radius 1 is 0.970 bits per heavy atom. The van der Waals surface area contributed by atoms with Crippen LogP contribution < -0.4 is 0 Å². The van der Waals surface area contributed by atoms with Crippen molar-refractivity contribution in [2.75, 3.05) is 0 Å². The van der Waals surface area contributed by atoms with Crippen LogP contribution in [0, 0.1) is 5.92 Å². The lowest BCUT2D eigenvalue weighted by molar-refractivity contribution is 0.0681. The zero-order valence-electron chi connectivity index (χ0n) is 17.7. The van der Waals surface area contributed by atoms with Gasteiger partial charge in [0.1, 0.15) is 0 Å². The number of nitrogens with zero attached hydrogens (tertiary/aromatic N) is 2. The van der Waals surface area contributed by atoms with Crippen molar-refractivity contribution in [3.63, 3.8) is 0 Å². The van der Waals surface area contributed by atoms with Gasteiger partial charge in [-0.25, -0.2) is 5.01 Å². The Morgan fingerprint density at radius 3 is 2.33 bits per heavy atom. The highest BCUT2D eigenvalue weighted by Gasteiger charge is 2.44. The predicted octanol–water partition coefficient (Wildman–Crippen LogP) is 8.30. The van der Waals surface area contributed by atoms with Crippen LogP contribution >= 0.6 is 43.5 Å². The van der Waals surface area contributed by atoms with E-state index in [1.807, 2.05) is 36.4 Å². The number of hydrogen-bond acceptors (Lipinski definition) is 2. The lowest BCUT2D eigenvalue weighted by atomic mass is 9.77. The van der Waals surface area contributed by atoms with E-state index in [1.165, 1.54) is 5.57 Å². The fourth-order valence-corrected chi connectivity index (χ4v) is 5.42. The predicted molar refractivity (Wildman–Crippen MR) is 141 cm³/mol. The lowest BCUT2D eigenvalue weighted by Crippen LogP contribution is -2.32. The van der Waals surface area contributed by atoms with Gasteiger partial charge in [0, 0.05) is 14.9 Å². The molecule has 5 rings (SSSR count). The standard InChI is InChI=1S/C27H21Br2ClN2O/c28-20-12-8-17(9-13-20)16-19-4-3-6-23-25(19)31-32(26(23)18-10-14-21(29)15-11-18)27(33)22-5-1-2-7-24(22)30/h1-2,5,7-16,23,26H,3-4,6H2/b19-16-. The van der Waals surface area contributed by atoms with E-state index in [0.29, 0.717) is 10.6 Å². The zero-order valence-corrected chi connectivity index (χ0v) is 21.6. The first kappa shape index (κ1) is 22.6. The van der Waals surface area contributed by atoms with E-state index in [9.17, 15) is 4.79 Å².